The summed E-state index contributed by atoms with van der Waals surface area (Å²) in [5.41, 5.74) is 0.685. The van der Waals surface area contributed by atoms with Crippen molar-refractivity contribution >= 4 is 63.5 Å². The second-order valence-electron chi connectivity index (χ2n) is 6.64. The van der Waals surface area contributed by atoms with E-state index < -0.39 is 7.05 Å². The summed E-state index contributed by atoms with van der Waals surface area (Å²) in [4.78, 5) is 0. The van der Waals surface area contributed by atoms with Crippen molar-refractivity contribution in [2.45, 2.75) is 0 Å². The summed E-state index contributed by atoms with van der Waals surface area (Å²) in [7, 11) is -2.52. The van der Waals surface area contributed by atoms with Crippen molar-refractivity contribution < 1.29 is 4.39 Å². The highest BCUT2D eigenvalue weighted by atomic mass is 35.5. The predicted molar refractivity (Wildman–Crippen MR) is 129 cm³/mol. The van der Waals surface area contributed by atoms with E-state index in [1.54, 1.807) is 12.1 Å². The van der Waals surface area contributed by atoms with E-state index in [2.05, 4.69) is 0 Å². The second kappa shape index (κ2) is 8.96. The van der Waals surface area contributed by atoms with Crippen LogP contribution in [0, 0.1) is 5.82 Å². The molecule has 0 unspecified atom stereocenters. The normalized spacial score (nSPS) is 11.3. The molecule has 4 aromatic carbocycles. The molecule has 0 aliphatic heterocycles. The van der Waals surface area contributed by atoms with E-state index >= 15 is 0 Å². The Morgan fingerprint density at radius 2 is 0.833 bits per heavy atom. The van der Waals surface area contributed by atoms with Gasteiger partial charge >= 0.3 is 0 Å². The fourth-order valence-electron chi connectivity index (χ4n) is 3.27. The zero-order valence-electron chi connectivity index (χ0n) is 15.6. The van der Waals surface area contributed by atoms with Gasteiger partial charge in [0, 0.05) is 31.0 Å². The first kappa shape index (κ1) is 21.2. The summed E-state index contributed by atoms with van der Waals surface area (Å²) >= 11 is 18.5. The van der Waals surface area contributed by atoms with Crippen LogP contribution in [0.4, 0.5) is 10.1 Å². The lowest BCUT2D eigenvalue weighted by molar-refractivity contribution is 0.628. The van der Waals surface area contributed by atoms with Crippen molar-refractivity contribution in [3.05, 3.63) is 118 Å². The SMILES string of the molecule is Fc1ccc(N=P(c2ccc(Cl)cc2)(c2ccc(Cl)cc2)c2ccc(Cl)cc2)cc1. The average molecular weight is 475 g/mol. The molecule has 0 spiro atoms. The minimum absolute atomic E-state index is 0.303. The Labute approximate surface area is 190 Å². The fourth-order valence-corrected chi connectivity index (χ4v) is 7.11. The molecule has 0 heterocycles. The molecule has 0 saturated heterocycles. The molecular formula is C24H16Cl3FNP. The van der Waals surface area contributed by atoms with Crippen LogP contribution in [0.25, 0.3) is 0 Å². The van der Waals surface area contributed by atoms with E-state index in [4.69, 9.17) is 39.5 Å². The second-order valence-corrected chi connectivity index (χ2v) is 11.0. The molecule has 0 radical (unpaired) electrons. The minimum Gasteiger partial charge on any atom is -0.254 e. The molecule has 150 valence electrons. The molecule has 0 fully saturated rings. The molecule has 4 rings (SSSR count). The van der Waals surface area contributed by atoms with Crippen molar-refractivity contribution in [1.82, 2.24) is 0 Å². The molecule has 0 bridgehead atoms. The van der Waals surface area contributed by atoms with Gasteiger partial charge in [0.25, 0.3) is 0 Å². The van der Waals surface area contributed by atoms with Crippen molar-refractivity contribution in [2.75, 3.05) is 0 Å². The molecular weight excluding hydrogens is 459 g/mol. The molecule has 0 aliphatic carbocycles. The lowest BCUT2D eigenvalue weighted by atomic mass is 10.3. The van der Waals surface area contributed by atoms with Crippen LogP contribution in [0.2, 0.25) is 15.1 Å². The highest BCUT2D eigenvalue weighted by Gasteiger charge is 2.28. The minimum atomic E-state index is -2.52. The largest absolute Gasteiger partial charge is 0.254 e. The van der Waals surface area contributed by atoms with E-state index in [-0.39, 0.29) is 5.82 Å². The topological polar surface area (TPSA) is 12.4 Å². The highest BCUT2D eigenvalue weighted by molar-refractivity contribution is 7.87. The third kappa shape index (κ3) is 4.33. The molecule has 30 heavy (non-hydrogen) atoms. The lowest BCUT2D eigenvalue weighted by Crippen LogP contribution is -2.25. The predicted octanol–water partition coefficient (Wildman–Crippen LogP) is 7.60. The van der Waals surface area contributed by atoms with E-state index in [0.717, 1.165) is 15.9 Å². The van der Waals surface area contributed by atoms with Gasteiger partial charge in [-0.2, -0.15) is 0 Å². The van der Waals surface area contributed by atoms with Gasteiger partial charge < -0.3 is 0 Å². The van der Waals surface area contributed by atoms with Gasteiger partial charge in [0.15, 0.2) is 0 Å². The molecule has 0 amide bonds. The summed E-state index contributed by atoms with van der Waals surface area (Å²) in [6.07, 6.45) is 0. The Morgan fingerprint density at radius 3 is 1.17 bits per heavy atom. The Morgan fingerprint density at radius 1 is 0.500 bits per heavy atom. The molecule has 0 saturated carbocycles. The van der Waals surface area contributed by atoms with E-state index in [9.17, 15) is 4.39 Å². The van der Waals surface area contributed by atoms with Crippen molar-refractivity contribution in [3.63, 3.8) is 0 Å². The first-order chi connectivity index (χ1) is 14.5. The van der Waals surface area contributed by atoms with Crippen LogP contribution in [0.5, 0.6) is 0 Å². The molecule has 6 heteroatoms. The number of benzene rings is 4. The summed E-state index contributed by atoms with van der Waals surface area (Å²) in [6.45, 7) is 0. The number of nitrogens with zero attached hydrogens (tertiary/aromatic N) is 1. The van der Waals surface area contributed by atoms with Crippen LogP contribution < -0.4 is 15.9 Å². The Hall–Kier alpha value is -2.09. The monoisotopic (exact) mass is 473 g/mol. The Balaban J connectivity index is 2.11. The zero-order valence-corrected chi connectivity index (χ0v) is 18.8. The maximum absolute atomic E-state index is 13.5. The molecule has 0 N–H and O–H groups in total. The number of hydrogen-bond donors (Lipinski definition) is 0. The zero-order chi connectivity index (χ0) is 21.1. The molecule has 0 aromatic heterocycles. The lowest BCUT2D eigenvalue weighted by Gasteiger charge is -2.27. The van der Waals surface area contributed by atoms with Gasteiger partial charge in [0.05, 0.1) is 12.7 Å². The van der Waals surface area contributed by atoms with Gasteiger partial charge in [-0.25, -0.2) is 4.39 Å². The average Bonchev–Trinajstić information content (AvgIpc) is 2.75. The van der Waals surface area contributed by atoms with Crippen LogP contribution in [-0.4, -0.2) is 0 Å². The van der Waals surface area contributed by atoms with Crippen LogP contribution in [0.15, 0.2) is 102 Å². The number of hydrogen-bond acceptors (Lipinski definition) is 1. The summed E-state index contributed by atoms with van der Waals surface area (Å²) in [5.74, 6) is -0.303. The van der Waals surface area contributed by atoms with E-state index in [0.29, 0.717) is 20.8 Å². The third-order valence-corrected chi connectivity index (χ3v) is 9.12. The molecule has 0 aliphatic rings. The van der Waals surface area contributed by atoms with Gasteiger partial charge in [0.2, 0.25) is 0 Å². The van der Waals surface area contributed by atoms with Crippen LogP contribution in [0.3, 0.4) is 0 Å². The van der Waals surface area contributed by atoms with Crippen molar-refractivity contribution in [2.24, 2.45) is 4.74 Å². The highest BCUT2D eigenvalue weighted by Crippen LogP contribution is 2.49. The van der Waals surface area contributed by atoms with E-state index in [1.807, 2.05) is 72.8 Å². The Kier molecular flexibility index (Phi) is 6.32. The molecule has 1 nitrogen and oxygen atoms in total. The van der Waals surface area contributed by atoms with Crippen molar-refractivity contribution in [3.8, 4) is 0 Å². The van der Waals surface area contributed by atoms with Crippen molar-refractivity contribution in [1.29, 1.82) is 0 Å². The van der Waals surface area contributed by atoms with Crippen LogP contribution >= 0.6 is 41.9 Å². The summed E-state index contributed by atoms with van der Waals surface area (Å²) < 4.78 is 18.8. The van der Waals surface area contributed by atoms with Gasteiger partial charge in [-0.15, -0.1) is 0 Å². The van der Waals surface area contributed by atoms with Gasteiger partial charge in [-0.1, -0.05) is 71.2 Å². The van der Waals surface area contributed by atoms with E-state index in [1.165, 1.54) is 12.1 Å². The molecule has 0 atom stereocenters. The number of halogens is 4. The van der Waals surface area contributed by atoms with Gasteiger partial charge in [-0.05, 0) is 60.7 Å². The summed E-state index contributed by atoms with van der Waals surface area (Å²) in [5, 5.41) is 4.98. The number of rotatable bonds is 4. The standard InChI is InChI=1S/C24H16Cl3FNP/c25-17-1-11-22(12-2-17)30(23-13-3-18(26)4-14-23,24-15-5-19(27)6-16-24)29-21-9-7-20(28)8-10-21/h1-16H. The third-order valence-electron chi connectivity index (χ3n) is 4.69. The maximum atomic E-state index is 13.5. The van der Waals surface area contributed by atoms with Crippen LogP contribution in [0.1, 0.15) is 0 Å². The van der Waals surface area contributed by atoms with Gasteiger partial charge in [-0.3, -0.25) is 4.74 Å². The smallest absolute Gasteiger partial charge is 0.123 e. The first-order valence-corrected chi connectivity index (χ1v) is 12.0. The van der Waals surface area contributed by atoms with Crippen LogP contribution in [-0.2, 0) is 0 Å². The maximum Gasteiger partial charge on any atom is 0.123 e. The first-order valence-electron chi connectivity index (χ1n) is 9.14. The Bertz CT molecular complexity index is 1090. The summed E-state index contributed by atoms with van der Waals surface area (Å²) in [6, 6.07) is 29.3. The van der Waals surface area contributed by atoms with Gasteiger partial charge in [0.1, 0.15) is 5.82 Å². The molecule has 4 aromatic rings. The fraction of sp³-hybridized carbons (Fsp3) is 0. The quantitative estimate of drug-likeness (QED) is 0.270.